The smallest absolute Gasteiger partial charge is 0.139 e. The molecule has 0 spiro atoms. The first kappa shape index (κ1) is 10.2. The number of phenolic OH excluding ortho intramolecular Hbond substituents is 1. The average Bonchev–Trinajstić information content (AvgIpc) is 2.13. The average molecular weight is 201 g/mol. The van der Waals surface area contributed by atoms with Gasteiger partial charge >= 0.3 is 0 Å². The summed E-state index contributed by atoms with van der Waals surface area (Å²) in [5.41, 5.74) is 6.81. The molecule has 0 radical (unpaired) electrons. The first-order valence-electron chi connectivity index (χ1n) is 4.09. The molecule has 4 heteroatoms. The molecule has 0 atom stereocenters. The molecule has 0 aliphatic rings. The van der Waals surface area contributed by atoms with E-state index in [9.17, 15) is 5.11 Å². The van der Waals surface area contributed by atoms with Crippen molar-refractivity contribution < 1.29 is 5.11 Å². The second-order valence-electron chi connectivity index (χ2n) is 2.81. The summed E-state index contributed by atoms with van der Waals surface area (Å²) in [7, 11) is 0. The third-order valence-corrected chi connectivity index (χ3v) is 2.16. The molecule has 0 fully saturated rings. The van der Waals surface area contributed by atoms with Crippen molar-refractivity contribution in [3.8, 4) is 5.75 Å². The fourth-order valence-corrected chi connectivity index (χ4v) is 1.28. The topological polar surface area (TPSA) is 58.3 Å². The monoisotopic (exact) mass is 200 g/mol. The zero-order valence-corrected chi connectivity index (χ0v) is 8.23. The van der Waals surface area contributed by atoms with Gasteiger partial charge in [-0.2, -0.15) is 0 Å². The Kier molecular flexibility index (Phi) is 3.39. The van der Waals surface area contributed by atoms with Crippen LogP contribution in [-0.2, 0) is 0 Å². The highest BCUT2D eigenvalue weighted by Gasteiger charge is 2.06. The Labute approximate surface area is 82.5 Å². The van der Waals surface area contributed by atoms with E-state index in [1.807, 2.05) is 6.07 Å². The normalized spacial score (nSPS) is 10.1. The molecule has 72 valence electrons. The Morgan fingerprint density at radius 3 is 2.85 bits per heavy atom. The van der Waals surface area contributed by atoms with Gasteiger partial charge in [0.15, 0.2) is 0 Å². The molecule has 0 unspecified atom stereocenters. The van der Waals surface area contributed by atoms with E-state index in [-0.39, 0.29) is 5.75 Å². The van der Waals surface area contributed by atoms with Gasteiger partial charge < -0.3 is 16.2 Å². The highest BCUT2D eigenvalue weighted by Crippen LogP contribution is 2.33. The van der Waals surface area contributed by atoms with Crippen LogP contribution >= 0.6 is 11.6 Å². The minimum absolute atomic E-state index is 0.128. The standard InChI is InChI=1S/C9H13ClN2O/c1-6-2-3-7(12-5-4-11)8(10)9(6)13/h2-3,12-13H,4-5,11H2,1H3. The molecule has 0 aromatic heterocycles. The van der Waals surface area contributed by atoms with Gasteiger partial charge in [0.2, 0.25) is 0 Å². The summed E-state index contributed by atoms with van der Waals surface area (Å²) in [6.45, 7) is 2.97. The number of aryl methyl sites for hydroxylation is 1. The first-order chi connectivity index (χ1) is 6.16. The van der Waals surface area contributed by atoms with E-state index in [4.69, 9.17) is 17.3 Å². The van der Waals surface area contributed by atoms with Crippen LogP contribution in [0.4, 0.5) is 5.69 Å². The molecule has 1 rings (SSSR count). The molecule has 1 aromatic carbocycles. The molecule has 0 aliphatic heterocycles. The molecule has 0 saturated carbocycles. The summed E-state index contributed by atoms with van der Waals surface area (Å²) < 4.78 is 0. The number of nitrogens with two attached hydrogens (primary N) is 1. The van der Waals surface area contributed by atoms with Gasteiger partial charge in [-0.3, -0.25) is 0 Å². The largest absolute Gasteiger partial charge is 0.506 e. The highest BCUT2D eigenvalue weighted by atomic mass is 35.5. The SMILES string of the molecule is Cc1ccc(NCCN)c(Cl)c1O. The number of anilines is 1. The van der Waals surface area contributed by atoms with Crippen LogP contribution in [0.5, 0.6) is 5.75 Å². The molecular formula is C9H13ClN2O. The van der Waals surface area contributed by atoms with Crippen LogP contribution in [0.2, 0.25) is 5.02 Å². The summed E-state index contributed by atoms with van der Waals surface area (Å²) in [5, 5.41) is 12.9. The zero-order chi connectivity index (χ0) is 9.84. The number of halogens is 1. The van der Waals surface area contributed by atoms with Crippen LogP contribution in [0.25, 0.3) is 0 Å². The third-order valence-electron chi connectivity index (χ3n) is 1.78. The Hall–Kier alpha value is -0.930. The lowest BCUT2D eigenvalue weighted by atomic mass is 10.2. The second-order valence-corrected chi connectivity index (χ2v) is 3.19. The highest BCUT2D eigenvalue weighted by molar-refractivity contribution is 6.34. The minimum atomic E-state index is 0.128. The summed E-state index contributed by atoms with van der Waals surface area (Å²) >= 11 is 5.88. The molecule has 3 nitrogen and oxygen atoms in total. The van der Waals surface area contributed by atoms with Crippen molar-refractivity contribution in [2.45, 2.75) is 6.92 Å². The van der Waals surface area contributed by atoms with Crippen LogP contribution in [0.3, 0.4) is 0 Å². The molecule has 4 N–H and O–H groups in total. The van der Waals surface area contributed by atoms with E-state index in [1.165, 1.54) is 0 Å². The Bertz CT molecular complexity index is 302. The van der Waals surface area contributed by atoms with E-state index < -0.39 is 0 Å². The van der Waals surface area contributed by atoms with E-state index in [1.54, 1.807) is 13.0 Å². The van der Waals surface area contributed by atoms with Gasteiger partial charge in [-0.25, -0.2) is 0 Å². The lowest BCUT2D eigenvalue weighted by molar-refractivity contribution is 0.471. The van der Waals surface area contributed by atoms with Gasteiger partial charge in [-0.05, 0) is 18.6 Å². The summed E-state index contributed by atoms with van der Waals surface area (Å²) in [5.74, 6) is 0.128. The van der Waals surface area contributed by atoms with Crippen molar-refractivity contribution in [1.29, 1.82) is 0 Å². The van der Waals surface area contributed by atoms with Crippen LogP contribution in [-0.4, -0.2) is 18.2 Å². The quantitative estimate of drug-likeness (QED) is 0.697. The Morgan fingerprint density at radius 1 is 1.54 bits per heavy atom. The number of hydrogen-bond donors (Lipinski definition) is 3. The number of phenols is 1. The molecule has 13 heavy (non-hydrogen) atoms. The molecule has 0 heterocycles. The maximum Gasteiger partial charge on any atom is 0.139 e. The van der Waals surface area contributed by atoms with Crippen molar-refractivity contribution >= 4 is 17.3 Å². The molecular weight excluding hydrogens is 188 g/mol. The van der Waals surface area contributed by atoms with Crippen LogP contribution in [0, 0.1) is 6.92 Å². The lowest BCUT2D eigenvalue weighted by Crippen LogP contribution is -2.13. The molecule has 0 aliphatic carbocycles. The number of benzene rings is 1. The fourth-order valence-electron chi connectivity index (χ4n) is 1.00. The predicted molar refractivity (Wildman–Crippen MR) is 55.4 cm³/mol. The first-order valence-corrected chi connectivity index (χ1v) is 4.46. The van der Waals surface area contributed by atoms with Crippen molar-refractivity contribution in [3.63, 3.8) is 0 Å². The zero-order valence-electron chi connectivity index (χ0n) is 7.47. The summed E-state index contributed by atoms with van der Waals surface area (Å²) in [6.07, 6.45) is 0. The maximum atomic E-state index is 9.48. The van der Waals surface area contributed by atoms with Crippen molar-refractivity contribution in [2.75, 3.05) is 18.4 Å². The minimum Gasteiger partial charge on any atom is -0.506 e. The summed E-state index contributed by atoms with van der Waals surface area (Å²) in [4.78, 5) is 0. The maximum absolute atomic E-state index is 9.48. The van der Waals surface area contributed by atoms with Crippen molar-refractivity contribution in [2.24, 2.45) is 5.73 Å². The molecule has 0 bridgehead atoms. The van der Waals surface area contributed by atoms with Gasteiger partial charge in [0, 0.05) is 13.1 Å². The number of hydrogen-bond acceptors (Lipinski definition) is 3. The van der Waals surface area contributed by atoms with E-state index >= 15 is 0 Å². The van der Waals surface area contributed by atoms with Gasteiger partial charge in [-0.15, -0.1) is 0 Å². The molecule has 1 aromatic rings. The van der Waals surface area contributed by atoms with Crippen LogP contribution < -0.4 is 11.1 Å². The predicted octanol–water partition coefficient (Wildman–Crippen LogP) is 1.72. The molecule has 0 amide bonds. The number of aromatic hydroxyl groups is 1. The van der Waals surface area contributed by atoms with E-state index in [0.717, 1.165) is 11.3 Å². The van der Waals surface area contributed by atoms with Gasteiger partial charge in [-0.1, -0.05) is 17.7 Å². The van der Waals surface area contributed by atoms with Crippen LogP contribution in [0.1, 0.15) is 5.56 Å². The van der Waals surface area contributed by atoms with Gasteiger partial charge in [0.25, 0.3) is 0 Å². The lowest BCUT2D eigenvalue weighted by Gasteiger charge is -2.09. The third kappa shape index (κ3) is 2.26. The number of nitrogens with one attached hydrogen (secondary N) is 1. The second kappa shape index (κ2) is 4.35. The Balaban J connectivity index is 2.90. The van der Waals surface area contributed by atoms with E-state index in [2.05, 4.69) is 5.32 Å². The van der Waals surface area contributed by atoms with Gasteiger partial charge in [0.05, 0.1) is 5.69 Å². The van der Waals surface area contributed by atoms with Gasteiger partial charge in [0.1, 0.15) is 10.8 Å². The van der Waals surface area contributed by atoms with Crippen LogP contribution in [0.15, 0.2) is 12.1 Å². The van der Waals surface area contributed by atoms with Crippen molar-refractivity contribution in [1.82, 2.24) is 0 Å². The molecule has 0 saturated heterocycles. The van der Waals surface area contributed by atoms with E-state index in [0.29, 0.717) is 18.1 Å². The Morgan fingerprint density at radius 2 is 2.23 bits per heavy atom. The summed E-state index contributed by atoms with van der Waals surface area (Å²) in [6, 6.07) is 3.63. The fraction of sp³-hybridized carbons (Fsp3) is 0.333. The van der Waals surface area contributed by atoms with Crippen molar-refractivity contribution in [3.05, 3.63) is 22.7 Å². The number of rotatable bonds is 3.